The van der Waals surface area contributed by atoms with Gasteiger partial charge in [0.2, 0.25) is 0 Å². The molecule has 2 aliphatic carbocycles. The van der Waals surface area contributed by atoms with Crippen LogP contribution in [0.3, 0.4) is 0 Å². The van der Waals surface area contributed by atoms with E-state index < -0.39 is 6.04 Å². The van der Waals surface area contributed by atoms with E-state index in [1.807, 2.05) is 30.3 Å². The van der Waals surface area contributed by atoms with E-state index in [9.17, 15) is 0 Å². The predicted octanol–water partition coefficient (Wildman–Crippen LogP) is 12.6. The molecule has 0 fully saturated rings. The van der Waals surface area contributed by atoms with Crippen LogP contribution in [0.5, 0.6) is 0 Å². The van der Waals surface area contributed by atoms with Gasteiger partial charge in [-0.15, -0.1) is 0 Å². The van der Waals surface area contributed by atoms with Crippen molar-refractivity contribution in [3.8, 4) is 0 Å². The summed E-state index contributed by atoms with van der Waals surface area (Å²) in [7, 11) is 0. The van der Waals surface area contributed by atoms with Crippen LogP contribution in [-0.2, 0) is 6.67 Å². The second-order valence-corrected chi connectivity index (χ2v) is 15.4. The van der Waals surface area contributed by atoms with E-state index >= 15 is 0 Å². The van der Waals surface area contributed by atoms with Crippen molar-refractivity contribution in [2.75, 3.05) is 10.2 Å². The molecule has 3 unspecified atom stereocenters. The largest absolute Gasteiger partial charge is 0.457 e. The van der Waals surface area contributed by atoms with Gasteiger partial charge >= 0.3 is 0 Å². The lowest BCUT2D eigenvalue weighted by Gasteiger charge is -2.30. The Labute approximate surface area is 332 Å². The highest BCUT2D eigenvalue weighted by Crippen LogP contribution is 2.50. The molecule has 57 heavy (non-hydrogen) atoms. The summed E-state index contributed by atoms with van der Waals surface area (Å²) in [4.78, 5) is 2.54. The Morgan fingerprint density at radius 3 is 2.44 bits per heavy atom. The van der Waals surface area contributed by atoms with Gasteiger partial charge in [0, 0.05) is 33.5 Å². The lowest BCUT2D eigenvalue weighted by molar-refractivity contribution is 0.526. The number of nitrogens with two attached hydrogens (primary N) is 1. The Morgan fingerprint density at radius 1 is 0.737 bits per heavy atom. The topological polar surface area (TPSA) is 59.4 Å². The molecule has 11 rings (SSSR count). The van der Waals surface area contributed by atoms with Crippen molar-refractivity contribution in [2.45, 2.75) is 37.5 Å². The fraction of sp³-hybridized carbons (Fsp3) is 0.115. The maximum absolute atomic E-state index is 6.90. The molecule has 0 radical (unpaired) electrons. The van der Waals surface area contributed by atoms with Gasteiger partial charge in [0.25, 0.3) is 0 Å². The average Bonchev–Trinajstić information content (AvgIpc) is 3.93. The van der Waals surface area contributed by atoms with Crippen LogP contribution in [0.1, 0.15) is 52.8 Å². The zero-order valence-electron chi connectivity index (χ0n) is 31.6. The number of fused-ring (bicyclic) bond motifs is 7. The summed E-state index contributed by atoms with van der Waals surface area (Å²) in [6.45, 7) is 0.541. The molecule has 3 atom stereocenters. The predicted molar refractivity (Wildman–Crippen MR) is 237 cm³/mol. The SMILES string of the molecule is NC(c1ccccc1)c1oc2ccccc2c1NCn1c2ccccc2c2ccc(C3=CC4c5ccccc5N(c5cccc(C6=CC=CCC6)c5)C4C=C3)cc21. The summed E-state index contributed by atoms with van der Waals surface area (Å²) in [5.74, 6) is 0.961. The molecule has 0 spiro atoms. The number of aromatic nitrogens is 1. The number of nitrogens with zero attached hydrogens (tertiary/aromatic N) is 2. The lowest BCUT2D eigenvalue weighted by Crippen LogP contribution is -2.29. The third-order valence-electron chi connectivity index (χ3n) is 12.1. The number of hydrogen-bond acceptors (Lipinski definition) is 4. The average molecular weight is 739 g/mol. The standard InChI is InChI=1S/C52H42N4O/c53-50(35-16-5-2-6-17-35)52-51(43-22-9-12-25-49(43)57-52)54-33-55-45-23-10-7-20-40(45)42-28-26-38(32-48(42)55)37-27-29-47-44(31-37)41-21-8-11-24-46(41)56(47)39-19-13-18-36(30-39)34-14-3-1-4-15-34/h1-3,5-14,16-32,44,47,50,54H,4,15,33,53H2. The number of allylic oxidation sites excluding steroid dienone is 6. The molecule has 276 valence electrons. The molecular formula is C52H42N4O. The highest BCUT2D eigenvalue weighted by atomic mass is 16.3. The summed E-state index contributed by atoms with van der Waals surface area (Å²) in [5.41, 5.74) is 21.0. The van der Waals surface area contributed by atoms with E-state index in [1.165, 1.54) is 61.0 Å². The molecule has 2 aromatic heterocycles. The molecule has 3 aliphatic rings. The first-order valence-electron chi connectivity index (χ1n) is 20.0. The van der Waals surface area contributed by atoms with E-state index in [1.54, 1.807) is 0 Å². The zero-order chi connectivity index (χ0) is 37.9. The minimum absolute atomic E-state index is 0.197. The maximum Gasteiger partial charge on any atom is 0.149 e. The summed E-state index contributed by atoms with van der Waals surface area (Å²) in [6, 6.07) is 51.8. The molecule has 0 saturated heterocycles. The van der Waals surface area contributed by atoms with E-state index in [-0.39, 0.29) is 12.0 Å². The molecule has 5 nitrogen and oxygen atoms in total. The number of para-hydroxylation sites is 3. The fourth-order valence-electron chi connectivity index (χ4n) is 9.38. The first-order chi connectivity index (χ1) is 28.2. The Balaban J connectivity index is 0.959. The second-order valence-electron chi connectivity index (χ2n) is 15.4. The van der Waals surface area contributed by atoms with E-state index in [4.69, 9.17) is 10.2 Å². The molecule has 0 saturated carbocycles. The van der Waals surface area contributed by atoms with Crippen LogP contribution in [0.25, 0.3) is 43.9 Å². The van der Waals surface area contributed by atoms with Crippen LogP contribution in [-0.4, -0.2) is 10.6 Å². The zero-order valence-corrected chi connectivity index (χ0v) is 31.6. The minimum Gasteiger partial charge on any atom is -0.457 e. The Kier molecular flexibility index (Phi) is 8.07. The van der Waals surface area contributed by atoms with Crippen molar-refractivity contribution < 1.29 is 4.42 Å². The summed E-state index contributed by atoms with van der Waals surface area (Å²) in [6.07, 6.45) is 16.1. The number of furan rings is 1. The number of anilines is 3. The van der Waals surface area contributed by atoms with Crippen LogP contribution < -0.4 is 16.0 Å². The first kappa shape index (κ1) is 33.5. The second kappa shape index (κ2) is 13.7. The Bertz CT molecular complexity index is 2960. The Hall–Kier alpha value is -6.82. The van der Waals surface area contributed by atoms with Gasteiger partial charge < -0.3 is 24.9 Å². The van der Waals surface area contributed by atoms with Gasteiger partial charge in [-0.25, -0.2) is 0 Å². The molecule has 3 N–H and O–H groups in total. The molecule has 5 heteroatoms. The smallest absolute Gasteiger partial charge is 0.149 e. The van der Waals surface area contributed by atoms with E-state index in [0.717, 1.165) is 40.8 Å². The van der Waals surface area contributed by atoms with Gasteiger partial charge in [-0.3, -0.25) is 0 Å². The molecule has 3 heterocycles. The van der Waals surface area contributed by atoms with Crippen molar-refractivity contribution in [1.29, 1.82) is 0 Å². The number of rotatable bonds is 8. The number of benzene rings is 6. The van der Waals surface area contributed by atoms with Gasteiger partial charge in [0.15, 0.2) is 0 Å². The third-order valence-corrected chi connectivity index (χ3v) is 12.1. The molecule has 6 aromatic carbocycles. The summed E-state index contributed by atoms with van der Waals surface area (Å²) < 4.78 is 8.86. The normalized spacial score (nSPS) is 17.8. The van der Waals surface area contributed by atoms with Crippen LogP contribution in [0.15, 0.2) is 186 Å². The molecule has 0 amide bonds. The van der Waals surface area contributed by atoms with Crippen LogP contribution in [0.4, 0.5) is 17.1 Å². The molecule has 8 aromatic rings. The first-order valence-corrected chi connectivity index (χ1v) is 20.0. The van der Waals surface area contributed by atoms with Crippen molar-refractivity contribution >= 4 is 61.0 Å². The highest BCUT2D eigenvalue weighted by Gasteiger charge is 2.38. The van der Waals surface area contributed by atoms with Crippen LogP contribution >= 0.6 is 0 Å². The van der Waals surface area contributed by atoms with Crippen LogP contribution in [0.2, 0.25) is 0 Å². The van der Waals surface area contributed by atoms with Crippen molar-refractivity contribution in [1.82, 2.24) is 4.57 Å². The Morgan fingerprint density at radius 2 is 1.54 bits per heavy atom. The van der Waals surface area contributed by atoms with Crippen molar-refractivity contribution in [3.63, 3.8) is 0 Å². The lowest BCUT2D eigenvalue weighted by atomic mass is 9.86. The van der Waals surface area contributed by atoms with E-state index in [0.29, 0.717) is 6.67 Å². The summed E-state index contributed by atoms with van der Waals surface area (Å²) in [5, 5.41) is 7.29. The van der Waals surface area contributed by atoms with Gasteiger partial charge in [0.1, 0.15) is 11.3 Å². The molecular weight excluding hydrogens is 697 g/mol. The molecule has 0 bridgehead atoms. The maximum atomic E-state index is 6.90. The molecule has 1 aliphatic heterocycles. The van der Waals surface area contributed by atoms with Gasteiger partial charge in [-0.05, 0) is 88.7 Å². The number of nitrogens with one attached hydrogen (secondary N) is 1. The van der Waals surface area contributed by atoms with Gasteiger partial charge in [-0.1, -0.05) is 140 Å². The monoisotopic (exact) mass is 738 g/mol. The van der Waals surface area contributed by atoms with Crippen molar-refractivity contribution in [3.05, 3.63) is 210 Å². The van der Waals surface area contributed by atoms with Crippen molar-refractivity contribution in [2.24, 2.45) is 5.73 Å². The summed E-state index contributed by atoms with van der Waals surface area (Å²) >= 11 is 0. The van der Waals surface area contributed by atoms with Gasteiger partial charge in [0.05, 0.1) is 35.5 Å². The van der Waals surface area contributed by atoms with Gasteiger partial charge in [-0.2, -0.15) is 0 Å². The minimum atomic E-state index is -0.410. The third kappa shape index (κ3) is 5.65. The van der Waals surface area contributed by atoms with E-state index in [2.05, 4.69) is 167 Å². The van der Waals surface area contributed by atoms with Crippen LogP contribution in [0, 0.1) is 0 Å². The quantitative estimate of drug-likeness (QED) is 0.163. The fourth-order valence-corrected chi connectivity index (χ4v) is 9.38. The number of hydrogen-bond donors (Lipinski definition) is 2. The highest BCUT2D eigenvalue weighted by molar-refractivity contribution is 6.09.